The van der Waals surface area contributed by atoms with E-state index in [4.69, 9.17) is 42.1 Å². The van der Waals surface area contributed by atoms with Crippen LogP contribution >= 0.6 is 23.2 Å². The van der Waals surface area contributed by atoms with Crippen LogP contribution in [0.2, 0.25) is 10.0 Å². The van der Waals surface area contributed by atoms with Crippen LogP contribution in [0.3, 0.4) is 0 Å². The Balaban J connectivity index is 2.14. The van der Waals surface area contributed by atoms with Gasteiger partial charge in [0.2, 0.25) is 0 Å². The van der Waals surface area contributed by atoms with Crippen molar-refractivity contribution >= 4 is 46.5 Å². The number of halogens is 2. The number of hydrogen-bond donors (Lipinski definition) is 0. The molecule has 0 amide bonds. The Morgan fingerprint density at radius 1 is 0.838 bits per heavy atom. The average molecular weight is 559 g/mol. The predicted molar refractivity (Wildman–Crippen MR) is 133 cm³/mol. The molecule has 0 aliphatic heterocycles. The molecule has 14 heteroatoms. The Morgan fingerprint density at radius 2 is 1.27 bits per heavy atom. The molecule has 0 bridgehead atoms. The van der Waals surface area contributed by atoms with Crippen LogP contribution in [0, 0.1) is 20.2 Å². The van der Waals surface area contributed by atoms with Crippen LogP contribution in [0.4, 0.5) is 11.4 Å². The zero-order valence-electron chi connectivity index (χ0n) is 20.4. The number of nitro benzene ring substituents is 2. The average Bonchev–Trinajstić information content (AvgIpc) is 2.79. The van der Waals surface area contributed by atoms with E-state index in [1.54, 1.807) is 27.7 Å². The summed E-state index contributed by atoms with van der Waals surface area (Å²) in [6.07, 6.45) is 0.175. The summed E-state index contributed by atoms with van der Waals surface area (Å²) in [5, 5.41) is 22.1. The smallest absolute Gasteiger partial charge is 0.339 e. The molecular formula is C23H24Cl2N2O10. The van der Waals surface area contributed by atoms with Gasteiger partial charge in [-0.2, -0.15) is 0 Å². The van der Waals surface area contributed by atoms with Crippen LogP contribution < -0.4 is 9.47 Å². The molecule has 0 spiro atoms. The minimum atomic E-state index is -0.829. The highest BCUT2D eigenvalue weighted by atomic mass is 35.5. The summed E-state index contributed by atoms with van der Waals surface area (Å²) in [7, 11) is 0. The van der Waals surface area contributed by atoms with Crippen molar-refractivity contribution in [3.8, 4) is 11.5 Å². The van der Waals surface area contributed by atoms with Crippen LogP contribution in [0.25, 0.3) is 0 Å². The van der Waals surface area contributed by atoms with Gasteiger partial charge in [0.1, 0.15) is 17.1 Å². The molecule has 2 rings (SSSR count). The maximum absolute atomic E-state index is 12.4. The lowest BCUT2D eigenvalue weighted by molar-refractivity contribution is -0.384. The van der Waals surface area contributed by atoms with Crippen LogP contribution in [0.15, 0.2) is 24.3 Å². The summed E-state index contributed by atoms with van der Waals surface area (Å²) in [5.41, 5.74) is -2.12. The topological polar surface area (TPSA) is 157 Å². The van der Waals surface area contributed by atoms with E-state index in [0.29, 0.717) is 0 Å². The second-order valence-corrected chi connectivity index (χ2v) is 9.16. The van der Waals surface area contributed by atoms with Crippen LogP contribution in [0.5, 0.6) is 11.5 Å². The van der Waals surface area contributed by atoms with Crippen molar-refractivity contribution in [2.75, 3.05) is 19.8 Å². The maximum Gasteiger partial charge on any atom is 0.339 e. The van der Waals surface area contributed by atoms with Gasteiger partial charge in [0, 0.05) is 18.6 Å². The molecule has 0 saturated heterocycles. The molecule has 12 nitrogen and oxygen atoms in total. The van der Waals surface area contributed by atoms with Gasteiger partial charge in [-0.1, -0.05) is 23.2 Å². The normalized spacial score (nSPS) is 11.0. The number of esters is 2. The third-order valence-corrected chi connectivity index (χ3v) is 5.14. The first-order valence-corrected chi connectivity index (χ1v) is 11.6. The van der Waals surface area contributed by atoms with Gasteiger partial charge in [-0.15, -0.1) is 0 Å². The molecule has 0 aliphatic carbocycles. The van der Waals surface area contributed by atoms with E-state index < -0.39 is 38.8 Å². The highest BCUT2D eigenvalue weighted by molar-refractivity contribution is 6.34. The fraction of sp³-hybridized carbons (Fsp3) is 0.391. The number of benzene rings is 2. The second kappa shape index (κ2) is 12.5. The number of carbonyl (C=O) groups is 2. The molecule has 0 fully saturated rings. The molecule has 0 saturated carbocycles. The Hall–Kier alpha value is -3.64. The molecule has 0 radical (unpaired) electrons. The highest BCUT2D eigenvalue weighted by Crippen LogP contribution is 2.37. The fourth-order valence-electron chi connectivity index (χ4n) is 2.85. The highest BCUT2D eigenvalue weighted by Gasteiger charge is 2.26. The molecule has 2 aromatic carbocycles. The fourth-order valence-corrected chi connectivity index (χ4v) is 3.32. The van der Waals surface area contributed by atoms with Crippen molar-refractivity contribution in [1.29, 1.82) is 0 Å². The van der Waals surface area contributed by atoms with E-state index >= 15 is 0 Å². The van der Waals surface area contributed by atoms with Gasteiger partial charge in [-0.25, -0.2) is 9.59 Å². The maximum atomic E-state index is 12.4. The minimum absolute atomic E-state index is 0.0609. The van der Waals surface area contributed by atoms with E-state index in [-0.39, 0.29) is 58.9 Å². The van der Waals surface area contributed by atoms with Crippen molar-refractivity contribution in [1.82, 2.24) is 0 Å². The van der Waals surface area contributed by atoms with Crippen LogP contribution in [-0.2, 0) is 9.47 Å². The summed E-state index contributed by atoms with van der Waals surface area (Å²) in [5.74, 6) is -1.80. The number of carbonyl (C=O) groups excluding carboxylic acids is 2. The first-order valence-electron chi connectivity index (χ1n) is 10.9. The van der Waals surface area contributed by atoms with Crippen molar-refractivity contribution in [2.45, 2.75) is 39.7 Å². The van der Waals surface area contributed by atoms with Crippen molar-refractivity contribution in [3.05, 3.63) is 65.7 Å². The van der Waals surface area contributed by atoms with Crippen LogP contribution in [-0.4, -0.2) is 47.2 Å². The first-order chi connectivity index (χ1) is 17.2. The largest absolute Gasteiger partial charge is 0.492 e. The van der Waals surface area contributed by atoms with Crippen molar-refractivity contribution in [2.24, 2.45) is 0 Å². The van der Waals surface area contributed by atoms with E-state index in [2.05, 4.69) is 0 Å². The Morgan fingerprint density at radius 3 is 1.65 bits per heavy atom. The summed E-state index contributed by atoms with van der Waals surface area (Å²) in [4.78, 5) is 45.6. The summed E-state index contributed by atoms with van der Waals surface area (Å²) >= 11 is 12.1. The van der Waals surface area contributed by atoms with Gasteiger partial charge in [0.15, 0.2) is 10.0 Å². The minimum Gasteiger partial charge on any atom is -0.492 e. The van der Waals surface area contributed by atoms with E-state index in [9.17, 15) is 29.8 Å². The van der Waals surface area contributed by atoms with Crippen LogP contribution in [0.1, 0.15) is 54.8 Å². The SMILES string of the molecule is CCOC(=O)c1cc(OCCCOc2cc(C(=O)OC(C)(C)C)cc([N+](=O)[O-])c2Cl)c(Cl)c([N+](=O)[O-])c1. The van der Waals surface area contributed by atoms with Crippen molar-refractivity contribution in [3.63, 3.8) is 0 Å². The molecule has 2 aromatic rings. The number of hydrogen-bond acceptors (Lipinski definition) is 10. The number of rotatable bonds is 11. The predicted octanol–water partition coefficient (Wildman–Crippen LogP) is 5.79. The Bertz CT molecular complexity index is 1210. The molecule has 0 N–H and O–H groups in total. The van der Waals surface area contributed by atoms with Gasteiger partial charge in [-0.05, 0) is 39.8 Å². The first kappa shape index (κ1) is 29.6. The quantitative estimate of drug-likeness (QED) is 0.143. The second-order valence-electron chi connectivity index (χ2n) is 8.40. The summed E-state index contributed by atoms with van der Waals surface area (Å²) < 4.78 is 21.2. The van der Waals surface area contributed by atoms with Gasteiger partial charge >= 0.3 is 11.9 Å². The van der Waals surface area contributed by atoms with Crippen molar-refractivity contribution < 1.29 is 38.4 Å². The van der Waals surface area contributed by atoms with E-state index in [0.717, 1.165) is 12.1 Å². The zero-order valence-corrected chi connectivity index (χ0v) is 21.9. The lowest BCUT2D eigenvalue weighted by atomic mass is 10.1. The van der Waals surface area contributed by atoms with Gasteiger partial charge in [-0.3, -0.25) is 20.2 Å². The Kier molecular flexibility index (Phi) is 10.0. The molecular weight excluding hydrogens is 535 g/mol. The molecule has 37 heavy (non-hydrogen) atoms. The molecule has 0 unspecified atom stereocenters. The van der Waals surface area contributed by atoms with Gasteiger partial charge < -0.3 is 18.9 Å². The van der Waals surface area contributed by atoms with E-state index in [1.807, 2.05) is 0 Å². The molecule has 200 valence electrons. The standard InChI is InChI=1S/C23H24Cl2N2O10/c1-5-34-21(28)13-9-15(26(30)31)19(24)17(11-13)35-7-6-8-36-18-12-14(22(29)37-23(2,3)4)10-16(20(18)25)27(32)33/h9-12H,5-8H2,1-4H3. The summed E-state index contributed by atoms with van der Waals surface area (Å²) in [6.45, 7) is 6.48. The third-order valence-electron chi connectivity index (χ3n) is 4.38. The number of ether oxygens (including phenoxy) is 4. The monoisotopic (exact) mass is 558 g/mol. The summed E-state index contributed by atoms with van der Waals surface area (Å²) in [6, 6.07) is 4.44. The zero-order chi connectivity index (χ0) is 27.9. The number of nitro groups is 2. The molecule has 0 aromatic heterocycles. The van der Waals surface area contributed by atoms with Gasteiger partial charge in [0.05, 0.1) is 40.8 Å². The lowest BCUT2D eigenvalue weighted by Gasteiger charge is -2.19. The van der Waals surface area contributed by atoms with E-state index in [1.165, 1.54) is 12.1 Å². The van der Waals surface area contributed by atoms with Gasteiger partial charge in [0.25, 0.3) is 11.4 Å². The Labute approximate surface area is 221 Å². The molecule has 0 atom stereocenters. The lowest BCUT2D eigenvalue weighted by Crippen LogP contribution is -2.24. The third kappa shape index (κ3) is 8.19. The molecule has 0 heterocycles. The molecule has 0 aliphatic rings. The number of nitrogens with zero attached hydrogens (tertiary/aromatic N) is 2.